The van der Waals surface area contributed by atoms with E-state index >= 15 is 0 Å². The Hall–Kier alpha value is -2.16. The molecule has 1 N–H and O–H groups in total. The van der Waals surface area contributed by atoms with Gasteiger partial charge in [-0.25, -0.2) is 4.98 Å². The summed E-state index contributed by atoms with van der Waals surface area (Å²) in [7, 11) is 0. The van der Waals surface area contributed by atoms with E-state index in [-0.39, 0.29) is 11.5 Å². The van der Waals surface area contributed by atoms with Crippen molar-refractivity contribution < 1.29 is 9.53 Å². The molecule has 30 heavy (non-hydrogen) atoms. The second-order valence-corrected chi connectivity index (χ2v) is 8.55. The molecule has 3 rings (SSSR count). The summed E-state index contributed by atoms with van der Waals surface area (Å²) >= 11 is 4.84. The number of nitrogens with one attached hydrogen (secondary N) is 1. The molecule has 0 saturated heterocycles. The number of anilines is 1. The van der Waals surface area contributed by atoms with Gasteiger partial charge in [-0.2, -0.15) is 0 Å². The largest absolute Gasteiger partial charge is 0.382 e. The van der Waals surface area contributed by atoms with Crippen molar-refractivity contribution in [3.63, 3.8) is 0 Å². The van der Waals surface area contributed by atoms with Crippen LogP contribution in [0, 0.1) is 0 Å². The van der Waals surface area contributed by atoms with E-state index in [0.717, 1.165) is 16.6 Å². The lowest BCUT2D eigenvalue weighted by atomic mass is 10.2. The number of aromatic nitrogens is 2. The minimum absolute atomic E-state index is 0.0661. The summed E-state index contributed by atoms with van der Waals surface area (Å²) in [5.74, 6) is 0.460. The van der Waals surface area contributed by atoms with E-state index in [1.54, 1.807) is 10.6 Å². The summed E-state index contributed by atoms with van der Waals surface area (Å²) < 4.78 is 7.94. The first kappa shape index (κ1) is 22.5. The number of benzene rings is 2. The minimum atomic E-state index is -0.0750. The summed E-state index contributed by atoms with van der Waals surface area (Å²) in [6.07, 6.45) is 1.05. The van der Waals surface area contributed by atoms with Crippen LogP contribution < -0.4 is 10.9 Å². The second kappa shape index (κ2) is 11.3. The van der Waals surface area contributed by atoms with Gasteiger partial charge in [-0.15, -0.1) is 0 Å². The van der Waals surface area contributed by atoms with E-state index in [2.05, 4.69) is 26.2 Å². The first-order valence-electron chi connectivity index (χ1n) is 9.84. The Morgan fingerprint density at radius 2 is 2.03 bits per heavy atom. The van der Waals surface area contributed by atoms with Gasteiger partial charge in [0.05, 0.1) is 10.9 Å². The molecule has 158 valence electrons. The Kier molecular flexibility index (Phi) is 8.48. The van der Waals surface area contributed by atoms with Gasteiger partial charge >= 0.3 is 0 Å². The molecule has 1 amide bonds. The summed E-state index contributed by atoms with van der Waals surface area (Å²) in [6, 6.07) is 14.9. The average Bonchev–Trinajstić information content (AvgIpc) is 2.74. The summed E-state index contributed by atoms with van der Waals surface area (Å²) in [5.41, 5.74) is 1.35. The molecule has 8 heteroatoms. The van der Waals surface area contributed by atoms with Crippen molar-refractivity contribution in [3.8, 4) is 0 Å². The van der Waals surface area contributed by atoms with Gasteiger partial charge in [0.1, 0.15) is 0 Å². The SMILES string of the molecule is CCOCCCn1c(SCCC(=O)Nc2ccccc2)nc2ccc(Br)cc2c1=O. The topological polar surface area (TPSA) is 73.2 Å². The fraction of sp³-hybridized carbons (Fsp3) is 0.318. The van der Waals surface area contributed by atoms with E-state index in [4.69, 9.17) is 4.74 Å². The van der Waals surface area contributed by atoms with E-state index in [0.29, 0.717) is 48.0 Å². The van der Waals surface area contributed by atoms with Gasteiger partial charge in [0.25, 0.3) is 5.56 Å². The number of rotatable bonds is 10. The number of hydrogen-bond donors (Lipinski definition) is 1. The molecule has 0 spiro atoms. The molecule has 1 heterocycles. The van der Waals surface area contributed by atoms with Crippen LogP contribution >= 0.6 is 27.7 Å². The molecule has 0 saturated carbocycles. The third kappa shape index (κ3) is 6.17. The maximum atomic E-state index is 13.1. The van der Waals surface area contributed by atoms with Crippen LogP contribution in [0.2, 0.25) is 0 Å². The smallest absolute Gasteiger partial charge is 0.262 e. The van der Waals surface area contributed by atoms with Crippen LogP contribution in [0.5, 0.6) is 0 Å². The van der Waals surface area contributed by atoms with Crippen molar-refractivity contribution in [2.75, 3.05) is 24.3 Å². The Balaban J connectivity index is 1.73. The predicted molar refractivity (Wildman–Crippen MR) is 125 cm³/mol. The number of hydrogen-bond acceptors (Lipinski definition) is 5. The molecule has 0 aliphatic heterocycles. The number of halogens is 1. The number of carbonyl (C=O) groups excluding carboxylic acids is 1. The monoisotopic (exact) mass is 489 g/mol. The molecule has 0 aliphatic rings. The van der Waals surface area contributed by atoms with Gasteiger partial charge in [0, 0.05) is 42.1 Å². The maximum absolute atomic E-state index is 13.1. The zero-order valence-electron chi connectivity index (χ0n) is 16.8. The summed E-state index contributed by atoms with van der Waals surface area (Å²) in [4.78, 5) is 30.0. The van der Waals surface area contributed by atoms with E-state index in [1.807, 2.05) is 49.4 Å². The number of ether oxygens (including phenoxy) is 1. The van der Waals surface area contributed by atoms with Crippen LogP contribution in [0.1, 0.15) is 19.8 Å². The molecule has 3 aromatic rings. The Labute approximate surface area is 188 Å². The molecule has 0 atom stereocenters. The molecule has 0 bridgehead atoms. The average molecular weight is 490 g/mol. The number of thioether (sulfide) groups is 1. The molecule has 0 aliphatic carbocycles. The maximum Gasteiger partial charge on any atom is 0.262 e. The zero-order valence-corrected chi connectivity index (χ0v) is 19.2. The van der Waals surface area contributed by atoms with Crippen molar-refractivity contribution in [2.45, 2.75) is 31.5 Å². The number of para-hydroxylation sites is 1. The molecule has 1 aromatic heterocycles. The van der Waals surface area contributed by atoms with Crippen LogP contribution in [0.4, 0.5) is 5.69 Å². The van der Waals surface area contributed by atoms with Crippen LogP contribution in [-0.4, -0.2) is 34.4 Å². The van der Waals surface area contributed by atoms with Crippen LogP contribution in [0.3, 0.4) is 0 Å². The highest BCUT2D eigenvalue weighted by molar-refractivity contribution is 9.10. The van der Waals surface area contributed by atoms with Gasteiger partial charge in [0.2, 0.25) is 5.91 Å². The number of carbonyl (C=O) groups is 1. The van der Waals surface area contributed by atoms with Crippen molar-refractivity contribution in [1.82, 2.24) is 9.55 Å². The normalized spacial score (nSPS) is 11.0. The quantitative estimate of drug-likeness (QED) is 0.253. The lowest BCUT2D eigenvalue weighted by Gasteiger charge is -2.13. The van der Waals surface area contributed by atoms with Gasteiger partial charge in [0.15, 0.2) is 5.16 Å². The van der Waals surface area contributed by atoms with Crippen LogP contribution in [0.25, 0.3) is 10.9 Å². The van der Waals surface area contributed by atoms with Gasteiger partial charge in [-0.05, 0) is 43.7 Å². The summed E-state index contributed by atoms with van der Waals surface area (Å²) in [6.45, 7) is 3.70. The van der Waals surface area contributed by atoms with Gasteiger partial charge in [-0.1, -0.05) is 45.9 Å². The third-order valence-electron chi connectivity index (χ3n) is 4.37. The van der Waals surface area contributed by atoms with Crippen molar-refractivity contribution in [1.29, 1.82) is 0 Å². The molecular formula is C22H24BrN3O3S. The molecule has 0 unspecified atom stereocenters. The molecule has 6 nitrogen and oxygen atoms in total. The number of amides is 1. The first-order chi connectivity index (χ1) is 14.6. The Morgan fingerprint density at radius 3 is 2.80 bits per heavy atom. The number of fused-ring (bicyclic) bond motifs is 1. The van der Waals surface area contributed by atoms with E-state index in [9.17, 15) is 9.59 Å². The minimum Gasteiger partial charge on any atom is -0.382 e. The predicted octanol–water partition coefficient (Wildman–Crippen LogP) is 4.71. The standard InChI is InChI=1S/C22H24BrN3O3S/c1-2-29-13-6-12-26-21(28)18-15-16(23)9-10-19(18)25-22(26)30-14-11-20(27)24-17-7-4-3-5-8-17/h3-5,7-10,15H,2,6,11-14H2,1H3,(H,24,27). The van der Waals surface area contributed by atoms with Crippen LogP contribution in [0.15, 0.2) is 63.0 Å². The van der Waals surface area contributed by atoms with Crippen molar-refractivity contribution in [3.05, 3.63) is 63.4 Å². The van der Waals surface area contributed by atoms with E-state index in [1.165, 1.54) is 11.8 Å². The molecule has 0 radical (unpaired) electrons. The van der Waals surface area contributed by atoms with Gasteiger partial charge in [-0.3, -0.25) is 14.2 Å². The highest BCUT2D eigenvalue weighted by Crippen LogP contribution is 2.21. The molecule has 0 fully saturated rings. The van der Waals surface area contributed by atoms with Crippen molar-refractivity contribution >= 4 is 50.2 Å². The summed E-state index contributed by atoms with van der Waals surface area (Å²) in [5, 5.41) is 4.08. The third-order valence-corrected chi connectivity index (χ3v) is 5.84. The Bertz CT molecular complexity index is 1060. The zero-order chi connectivity index (χ0) is 21.3. The number of nitrogens with zero attached hydrogens (tertiary/aromatic N) is 2. The Morgan fingerprint density at radius 1 is 1.23 bits per heavy atom. The molecular weight excluding hydrogens is 466 g/mol. The second-order valence-electron chi connectivity index (χ2n) is 6.58. The highest BCUT2D eigenvalue weighted by Gasteiger charge is 2.13. The van der Waals surface area contributed by atoms with Crippen LogP contribution in [-0.2, 0) is 16.1 Å². The van der Waals surface area contributed by atoms with Gasteiger partial charge < -0.3 is 10.1 Å². The van der Waals surface area contributed by atoms with Crippen molar-refractivity contribution in [2.24, 2.45) is 0 Å². The fourth-order valence-electron chi connectivity index (χ4n) is 2.93. The lowest BCUT2D eigenvalue weighted by Crippen LogP contribution is -2.24. The lowest BCUT2D eigenvalue weighted by molar-refractivity contribution is -0.115. The van der Waals surface area contributed by atoms with E-state index < -0.39 is 0 Å². The fourth-order valence-corrected chi connectivity index (χ4v) is 4.25. The first-order valence-corrected chi connectivity index (χ1v) is 11.6. The highest BCUT2D eigenvalue weighted by atomic mass is 79.9. The molecule has 2 aromatic carbocycles.